The zero-order valence-electron chi connectivity index (χ0n) is 11.4. The number of hydrogen-bond donors (Lipinski definition) is 1. The van der Waals surface area contributed by atoms with Crippen molar-refractivity contribution in [2.75, 3.05) is 20.6 Å². The van der Waals surface area contributed by atoms with E-state index in [0.717, 1.165) is 25.0 Å². The third-order valence-electron chi connectivity index (χ3n) is 3.58. The highest BCUT2D eigenvalue weighted by atomic mass is 35.5. The maximum Gasteiger partial charge on any atom is 0.254 e. The molecule has 0 aliphatic heterocycles. The fourth-order valence-electron chi connectivity index (χ4n) is 2.25. The van der Waals surface area contributed by atoms with Gasteiger partial charge in [0.1, 0.15) is 10.8 Å². The van der Waals surface area contributed by atoms with Crippen molar-refractivity contribution < 1.29 is 13.6 Å². The van der Waals surface area contributed by atoms with E-state index < -0.39 is 22.6 Å². The second kappa shape index (κ2) is 6.06. The minimum absolute atomic E-state index is 0.232. The highest BCUT2D eigenvalue weighted by molar-refractivity contribution is 6.31. The quantitative estimate of drug-likeness (QED) is 0.848. The normalized spacial score (nSPS) is 16.3. The number of hydrogen-bond acceptors (Lipinski definition) is 2. The van der Waals surface area contributed by atoms with Gasteiger partial charge in [-0.05, 0) is 45.0 Å². The third kappa shape index (κ3) is 3.27. The van der Waals surface area contributed by atoms with Gasteiger partial charge in [0.15, 0.2) is 5.82 Å². The Kier molecular flexibility index (Phi) is 4.60. The molecule has 0 aromatic heterocycles. The Morgan fingerprint density at radius 1 is 1.45 bits per heavy atom. The molecule has 1 aromatic rings. The van der Waals surface area contributed by atoms with E-state index in [1.165, 1.54) is 0 Å². The van der Waals surface area contributed by atoms with Gasteiger partial charge in [-0.15, -0.1) is 0 Å². The highest BCUT2D eigenvalue weighted by Crippen LogP contribution is 2.34. The number of likely N-dealkylation sites (N-methyl/N-ethyl adjacent to an activating group) is 1. The van der Waals surface area contributed by atoms with Crippen LogP contribution in [0.4, 0.5) is 8.78 Å². The van der Waals surface area contributed by atoms with Gasteiger partial charge in [0.25, 0.3) is 5.91 Å². The number of amides is 1. The van der Waals surface area contributed by atoms with Gasteiger partial charge in [0, 0.05) is 12.6 Å². The van der Waals surface area contributed by atoms with E-state index >= 15 is 0 Å². The predicted molar refractivity (Wildman–Crippen MR) is 73.9 cm³/mol. The fraction of sp³-hybridized carbons (Fsp3) is 0.500. The van der Waals surface area contributed by atoms with Crippen molar-refractivity contribution in [3.8, 4) is 0 Å². The summed E-state index contributed by atoms with van der Waals surface area (Å²) in [6.45, 7) is 0.435. The Hall–Kier alpha value is -1.20. The maximum absolute atomic E-state index is 13.7. The summed E-state index contributed by atoms with van der Waals surface area (Å²) in [5.74, 6) is -1.88. The molecule has 1 atom stereocenters. The summed E-state index contributed by atoms with van der Waals surface area (Å²) >= 11 is 5.46. The predicted octanol–water partition coefficient (Wildman–Crippen LogP) is 2.69. The number of nitrogens with one attached hydrogen (secondary N) is 1. The Balaban J connectivity index is 2.03. The molecule has 1 fully saturated rings. The average molecular weight is 303 g/mol. The number of benzene rings is 1. The first-order valence-corrected chi connectivity index (χ1v) is 6.87. The Morgan fingerprint density at radius 3 is 2.65 bits per heavy atom. The van der Waals surface area contributed by atoms with Crippen molar-refractivity contribution in [3.63, 3.8) is 0 Å². The van der Waals surface area contributed by atoms with E-state index in [2.05, 4.69) is 5.32 Å². The molecule has 0 saturated heterocycles. The van der Waals surface area contributed by atoms with Gasteiger partial charge < -0.3 is 10.2 Å². The molecule has 1 amide bonds. The minimum atomic E-state index is -1.02. The van der Waals surface area contributed by atoms with Crippen LogP contribution in [-0.4, -0.2) is 37.5 Å². The van der Waals surface area contributed by atoms with Crippen LogP contribution in [-0.2, 0) is 0 Å². The Labute approximate surface area is 121 Å². The van der Waals surface area contributed by atoms with Crippen molar-refractivity contribution in [2.24, 2.45) is 5.92 Å². The lowest BCUT2D eigenvalue weighted by Gasteiger charge is -2.24. The molecule has 6 heteroatoms. The smallest absolute Gasteiger partial charge is 0.254 e. The molecule has 0 unspecified atom stereocenters. The molecule has 0 radical (unpaired) electrons. The van der Waals surface area contributed by atoms with Gasteiger partial charge in [-0.1, -0.05) is 11.6 Å². The van der Waals surface area contributed by atoms with Crippen molar-refractivity contribution >= 4 is 17.5 Å². The number of carbonyl (C=O) groups excluding carboxylic acids is 1. The first-order valence-electron chi connectivity index (χ1n) is 6.50. The van der Waals surface area contributed by atoms with E-state index in [1.54, 1.807) is 0 Å². The number of carbonyl (C=O) groups is 1. The lowest BCUT2D eigenvalue weighted by atomic mass is 10.1. The minimum Gasteiger partial charge on any atom is -0.350 e. The Morgan fingerprint density at radius 2 is 2.10 bits per heavy atom. The molecular formula is C14H17ClF2N2O. The lowest BCUT2D eigenvalue weighted by molar-refractivity contribution is 0.0934. The van der Waals surface area contributed by atoms with Crippen molar-refractivity contribution in [1.82, 2.24) is 10.2 Å². The molecule has 1 saturated carbocycles. The van der Waals surface area contributed by atoms with Gasteiger partial charge in [-0.3, -0.25) is 4.79 Å². The van der Waals surface area contributed by atoms with Crippen LogP contribution in [0.1, 0.15) is 23.2 Å². The van der Waals surface area contributed by atoms with Gasteiger partial charge in [-0.25, -0.2) is 8.78 Å². The molecule has 0 spiro atoms. The molecule has 3 nitrogen and oxygen atoms in total. The average Bonchev–Trinajstić information content (AvgIpc) is 3.20. The van der Waals surface area contributed by atoms with E-state index in [-0.39, 0.29) is 11.6 Å². The summed E-state index contributed by atoms with van der Waals surface area (Å²) in [5, 5.41) is 2.04. The third-order valence-corrected chi connectivity index (χ3v) is 3.93. The van der Waals surface area contributed by atoms with Gasteiger partial charge >= 0.3 is 0 Å². The first-order chi connectivity index (χ1) is 9.41. The van der Waals surface area contributed by atoms with Crippen LogP contribution in [0.3, 0.4) is 0 Å². The van der Waals surface area contributed by atoms with Gasteiger partial charge in [0.2, 0.25) is 0 Å². The summed E-state index contributed by atoms with van der Waals surface area (Å²) in [6, 6.07) is 2.33. The summed E-state index contributed by atoms with van der Waals surface area (Å²) in [5.41, 5.74) is -0.232. The first kappa shape index (κ1) is 15.2. The number of halogens is 3. The molecule has 0 heterocycles. The zero-order valence-corrected chi connectivity index (χ0v) is 12.2. The molecule has 1 aliphatic carbocycles. The Bertz CT molecular complexity index is 516. The fourth-order valence-corrected chi connectivity index (χ4v) is 2.41. The topological polar surface area (TPSA) is 32.3 Å². The lowest BCUT2D eigenvalue weighted by Crippen LogP contribution is -2.41. The summed E-state index contributed by atoms with van der Waals surface area (Å²) < 4.78 is 26.8. The van der Waals surface area contributed by atoms with Crippen LogP contribution in [0.25, 0.3) is 0 Å². The van der Waals surface area contributed by atoms with E-state index in [9.17, 15) is 13.6 Å². The summed E-state index contributed by atoms with van der Waals surface area (Å²) in [6.07, 6.45) is 2.30. The van der Waals surface area contributed by atoms with E-state index in [1.807, 2.05) is 19.0 Å². The second-order valence-electron chi connectivity index (χ2n) is 5.30. The van der Waals surface area contributed by atoms with Crippen LogP contribution in [0.5, 0.6) is 0 Å². The van der Waals surface area contributed by atoms with Crippen LogP contribution < -0.4 is 5.32 Å². The SMILES string of the molecule is CN(C)[C@@H](CNC(=O)c1ccc(F)c(Cl)c1F)C1CC1. The molecular weight excluding hydrogens is 286 g/mol. The standard InChI is InChI=1S/C14H17ClF2N2O/c1-19(2)11(8-3-4-8)7-18-14(20)9-5-6-10(16)12(15)13(9)17/h5-6,8,11H,3-4,7H2,1-2H3,(H,18,20)/t11-/m0/s1. The summed E-state index contributed by atoms with van der Waals surface area (Å²) in [4.78, 5) is 14.0. The molecule has 20 heavy (non-hydrogen) atoms. The molecule has 0 bridgehead atoms. The molecule has 110 valence electrons. The molecule has 1 N–H and O–H groups in total. The van der Waals surface area contributed by atoms with Crippen LogP contribution in [0, 0.1) is 17.6 Å². The summed E-state index contributed by atoms with van der Waals surface area (Å²) in [7, 11) is 3.90. The zero-order chi connectivity index (χ0) is 14.9. The molecule has 1 aromatic carbocycles. The maximum atomic E-state index is 13.7. The van der Waals surface area contributed by atoms with Gasteiger partial charge in [-0.2, -0.15) is 0 Å². The van der Waals surface area contributed by atoms with E-state index in [0.29, 0.717) is 12.5 Å². The van der Waals surface area contributed by atoms with Crippen molar-refractivity contribution in [1.29, 1.82) is 0 Å². The van der Waals surface area contributed by atoms with E-state index in [4.69, 9.17) is 11.6 Å². The van der Waals surface area contributed by atoms with Crippen LogP contribution in [0.2, 0.25) is 5.02 Å². The van der Waals surface area contributed by atoms with Crippen molar-refractivity contribution in [2.45, 2.75) is 18.9 Å². The number of rotatable bonds is 5. The monoisotopic (exact) mass is 302 g/mol. The number of nitrogens with zero attached hydrogens (tertiary/aromatic N) is 1. The second-order valence-corrected chi connectivity index (χ2v) is 5.68. The van der Waals surface area contributed by atoms with Crippen LogP contribution in [0.15, 0.2) is 12.1 Å². The van der Waals surface area contributed by atoms with Crippen molar-refractivity contribution in [3.05, 3.63) is 34.4 Å². The van der Waals surface area contributed by atoms with Gasteiger partial charge in [0.05, 0.1) is 5.56 Å². The molecule has 2 rings (SSSR count). The highest BCUT2D eigenvalue weighted by Gasteiger charge is 2.32. The van der Waals surface area contributed by atoms with Crippen LogP contribution >= 0.6 is 11.6 Å². The molecule has 1 aliphatic rings. The largest absolute Gasteiger partial charge is 0.350 e.